The standard InChI is InChI=1S/C12H16O/c1-8(2)10-4-5-12-11(7-10)6-9(3)13-12/h4-5,7-9H,6H2,1-3H3. The number of rotatable bonds is 1. The Morgan fingerprint density at radius 1 is 1.38 bits per heavy atom. The topological polar surface area (TPSA) is 9.23 Å². The van der Waals surface area contributed by atoms with Crippen molar-refractivity contribution in [3.05, 3.63) is 29.3 Å². The summed E-state index contributed by atoms with van der Waals surface area (Å²) in [5, 5.41) is 0. The summed E-state index contributed by atoms with van der Waals surface area (Å²) in [5.74, 6) is 1.69. The Kier molecular flexibility index (Phi) is 2.03. The summed E-state index contributed by atoms with van der Waals surface area (Å²) in [5.41, 5.74) is 2.79. The minimum Gasteiger partial charge on any atom is -0.490 e. The molecule has 1 aromatic rings. The molecule has 0 saturated carbocycles. The molecule has 0 radical (unpaired) electrons. The summed E-state index contributed by atoms with van der Waals surface area (Å²) in [4.78, 5) is 0. The Balaban J connectivity index is 2.35. The lowest BCUT2D eigenvalue weighted by atomic mass is 9.99. The predicted octanol–water partition coefficient (Wildman–Crippen LogP) is 3.13. The fourth-order valence-corrected chi connectivity index (χ4v) is 1.80. The highest BCUT2D eigenvalue weighted by molar-refractivity contribution is 5.41. The minimum absolute atomic E-state index is 0.359. The van der Waals surface area contributed by atoms with Crippen LogP contribution in [-0.4, -0.2) is 6.10 Å². The van der Waals surface area contributed by atoms with Crippen molar-refractivity contribution in [2.24, 2.45) is 0 Å². The second-order valence-corrected chi connectivity index (χ2v) is 4.15. The lowest BCUT2D eigenvalue weighted by Gasteiger charge is -2.06. The SMILES string of the molecule is CC1Cc2cc(C(C)C)ccc2O1. The summed E-state index contributed by atoms with van der Waals surface area (Å²) < 4.78 is 5.64. The van der Waals surface area contributed by atoms with Crippen LogP contribution in [0.3, 0.4) is 0 Å². The monoisotopic (exact) mass is 176 g/mol. The second kappa shape index (κ2) is 3.06. The third-order valence-corrected chi connectivity index (χ3v) is 2.59. The highest BCUT2D eigenvalue weighted by Gasteiger charge is 2.19. The lowest BCUT2D eigenvalue weighted by molar-refractivity contribution is 0.254. The Morgan fingerprint density at radius 2 is 2.15 bits per heavy atom. The summed E-state index contributed by atoms with van der Waals surface area (Å²) in [6, 6.07) is 6.55. The molecule has 0 fully saturated rings. The zero-order valence-corrected chi connectivity index (χ0v) is 8.50. The van der Waals surface area contributed by atoms with Gasteiger partial charge in [-0.15, -0.1) is 0 Å². The molecule has 2 rings (SSSR count). The molecule has 1 unspecified atom stereocenters. The maximum Gasteiger partial charge on any atom is 0.123 e. The highest BCUT2D eigenvalue weighted by atomic mass is 16.5. The molecule has 0 N–H and O–H groups in total. The van der Waals surface area contributed by atoms with Crippen LogP contribution < -0.4 is 4.74 Å². The van der Waals surface area contributed by atoms with Crippen LogP contribution in [0.5, 0.6) is 5.75 Å². The summed E-state index contributed by atoms with van der Waals surface area (Å²) >= 11 is 0. The van der Waals surface area contributed by atoms with Crippen LogP contribution >= 0.6 is 0 Å². The van der Waals surface area contributed by atoms with Crippen molar-refractivity contribution in [1.29, 1.82) is 0 Å². The molecular formula is C12H16O. The van der Waals surface area contributed by atoms with Gasteiger partial charge in [-0.25, -0.2) is 0 Å². The molecule has 70 valence electrons. The van der Waals surface area contributed by atoms with E-state index in [4.69, 9.17) is 4.74 Å². The molecule has 0 aromatic heterocycles. The molecule has 1 aliphatic heterocycles. The molecule has 0 spiro atoms. The quantitative estimate of drug-likeness (QED) is 0.638. The number of hydrogen-bond acceptors (Lipinski definition) is 1. The largest absolute Gasteiger partial charge is 0.490 e. The second-order valence-electron chi connectivity index (χ2n) is 4.15. The molecule has 1 nitrogen and oxygen atoms in total. The molecule has 0 saturated heterocycles. The van der Waals surface area contributed by atoms with Crippen molar-refractivity contribution >= 4 is 0 Å². The first-order chi connectivity index (χ1) is 6.16. The molecule has 1 atom stereocenters. The predicted molar refractivity (Wildman–Crippen MR) is 54.3 cm³/mol. The van der Waals surface area contributed by atoms with E-state index < -0.39 is 0 Å². The van der Waals surface area contributed by atoms with E-state index in [9.17, 15) is 0 Å². The van der Waals surface area contributed by atoms with Gasteiger partial charge in [-0.05, 0) is 30.0 Å². The van der Waals surface area contributed by atoms with E-state index in [1.54, 1.807) is 0 Å². The Morgan fingerprint density at radius 3 is 2.85 bits per heavy atom. The van der Waals surface area contributed by atoms with Gasteiger partial charge in [-0.3, -0.25) is 0 Å². The Hall–Kier alpha value is -0.980. The molecule has 0 aliphatic carbocycles. The minimum atomic E-state index is 0.359. The van der Waals surface area contributed by atoms with Gasteiger partial charge in [0.15, 0.2) is 0 Å². The highest BCUT2D eigenvalue weighted by Crippen LogP contribution is 2.31. The van der Waals surface area contributed by atoms with E-state index >= 15 is 0 Å². The van der Waals surface area contributed by atoms with Crippen molar-refractivity contribution in [2.75, 3.05) is 0 Å². The van der Waals surface area contributed by atoms with E-state index in [2.05, 4.69) is 39.0 Å². The van der Waals surface area contributed by atoms with Crippen LogP contribution in [0.15, 0.2) is 18.2 Å². The number of ether oxygens (including phenoxy) is 1. The third kappa shape index (κ3) is 1.55. The van der Waals surface area contributed by atoms with Gasteiger partial charge >= 0.3 is 0 Å². The first kappa shape index (κ1) is 8.61. The van der Waals surface area contributed by atoms with E-state index in [1.165, 1.54) is 11.1 Å². The van der Waals surface area contributed by atoms with E-state index in [0.717, 1.165) is 12.2 Å². The van der Waals surface area contributed by atoms with Gasteiger partial charge in [0.2, 0.25) is 0 Å². The van der Waals surface area contributed by atoms with Crippen LogP contribution in [-0.2, 0) is 6.42 Å². The lowest BCUT2D eigenvalue weighted by Crippen LogP contribution is -2.05. The molecule has 1 heteroatoms. The van der Waals surface area contributed by atoms with E-state index in [-0.39, 0.29) is 0 Å². The Labute approximate surface area is 79.7 Å². The van der Waals surface area contributed by atoms with Crippen LogP contribution in [0.25, 0.3) is 0 Å². The summed E-state index contributed by atoms with van der Waals surface area (Å²) in [7, 11) is 0. The smallest absolute Gasteiger partial charge is 0.123 e. The fraction of sp³-hybridized carbons (Fsp3) is 0.500. The molecule has 1 aliphatic rings. The number of benzene rings is 1. The first-order valence-corrected chi connectivity index (χ1v) is 4.96. The fourth-order valence-electron chi connectivity index (χ4n) is 1.80. The zero-order valence-electron chi connectivity index (χ0n) is 8.50. The molecule has 1 aromatic carbocycles. The molecule has 13 heavy (non-hydrogen) atoms. The maximum atomic E-state index is 5.64. The third-order valence-electron chi connectivity index (χ3n) is 2.59. The van der Waals surface area contributed by atoms with Gasteiger partial charge in [-0.1, -0.05) is 26.0 Å². The van der Waals surface area contributed by atoms with Crippen LogP contribution in [0, 0.1) is 0 Å². The van der Waals surface area contributed by atoms with Gasteiger partial charge < -0.3 is 4.74 Å². The van der Waals surface area contributed by atoms with Crippen LogP contribution in [0.1, 0.15) is 37.8 Å². The summed E-state index contributed by atoms with van der Waals surface area (Å²) in [6.45, 7) is 6.57. The molecule has 1 heterocycles. The van der Waals surface area contributed by atoms with Crippen LogP contribution in [0.4, 0.5) is 0 Å². The van der Waals surface area contributed by atoms with Gasteiger partial charge in [-0.2, -0.15) is 0 Å². The van der Waals surface area contributed by atoms with Gasteiger partial charge in [0.05, 0.1) is 0 Å². The van der Waals surface area contributed by atoms with E-state index in [1.807, 2.05) is 0 Å². The Bertz CT molecular complexity index is 315. The zero-order chi connectivity index (χ0) is 9.42. The average molecular weight is 176 g/mol. The van der Waals surface area contributed by atoms with Crippen molar-refractivity contribution in [3.63, 3.8) is 0 Å². The van der Waals surface area contributed by atoms with E-state index in [0.29, 0.717) is 12.0 Å². The molecular weight excluding hydrogens is 160 g/mol. The first-order valence-electron chi connectivity index (χ1n) is 4.96. The average Bonchev–Trinajstić information content (AvgIpc) is 2.42. The van der Waals surface area contributed by atoms with Crippen molar-refractivity contribution in [1.82, 2.24) is 0 Å². The normalized spacial score (nSPS) is 20.2. The van der Waals surface area contributed by atoms with Crippen LogP contribution in [0.2, 0.25) is 0 Å². The molecule has 0 amide bonds. The van der Waals surface area contributed by atoms with Crippen molar-refractivity contribution in [3.8, 4) is 5.75 Å². The number of hydrogen-bond donors (Lipinski definition) is 0. The summed E-state index contributed by atoms with van der Waals surface area (Å²) in [6.07, 6.45) is 1.42. The maximum absolute atomic E-state index is 5.64. The van der Waals surface area contributed by atoms with Crippen molar-refractivity contribution < 1.29 is 4.74 Å². The molecule has 0 bridgehead atoms. The van der Waals surface area contributed by atoms with Crippen molar-refractivity contribution in [2.45, 2.75) is 39.2 Å². The van der Waals surface area contributed by atoms with Gasteiger partial charge in [0, 0.05) is 6.42 Å². The number of fused-ring (bicyclic) bond motifs is 1. The van der Waals surface area contributed by atoms with Gasteiger partial charge in [0.1, 0.15) is 11.9 Å². The van der Waals surface area contributed by atoms with Gasteiger partial charge in [0.25, 0.3) is 0 Å².